The third kappa shape index (κ3) is 2.61. The topological polar surface area (TPSA) is 62.5 Å². The lowest BCUT2D eigenvalue weighted by Gasteiger charge is -2.33. The molecule has 2 aromatic rings. The molecule has 108 valence electrons. The van der Waals surface area contributed by atoms with Crippen LogP contribution in [-0.2, 0) is 13.0 Å². The van der Waals surface area contributed by atoms with Gasteiger partial charge >= 0.3 is 0 Å². The maximum absolute atomic E-state index is 12.1. The molecule has 1 saturated heterocycles. The second kappa shape index (κ2) is 5.59. The fourth-order valence-electron chi connectivity index (χ4n) is 2.45. The van der Waals surface area contributed by atoms with Crippen LogP contribution in [0.5, 0.6) is 0 Å². The summed E-state index contributed by atoms with van der Waals surface area (Å²) >= 11 is 1.50. The molecular formula is C13H19N5OS. The first-order chi connectivity index (χ1) is 9.67. The van der Waals surface area contributed by atoms with Gasteiger partial charge in [0, 0.05) is 38.3 Å². The predicted octanol–water partition coefficient (Wildman–Crippen LogP) is 0.507. The van der Waals surface area contributed by atoms with E-state index in [4.69, 9.17) is 0 Å². The van der Waals surface area contributed by atoms with Crippen molar-refractivity contribution in [1.82, 2.24) is 24.8 Å². The van der Waals surface area contributed by atoms with Crippen LogP contribution in [0, 0.1) is 0 Å². The number of aryl methyl sites for hydroxylation is 1. The van der Waals surface area contributed by atoms with Gasteiger partial charge in [-0.2, -0.15) is 9.61 Å². The summed E-state index contributed by atoms with van der Waals surface area (Å²) in [6.07, 6.45) is 0.831. The lowest BCUT2D eigenvalue weighted by molar-refractivity contribution is 0.164. The van der Waals surface area contributed by atoms with Crippen LogP contribution >= 0.6 is 11.3 Å². The standard InChI is InChI=1S/C13H19N5OS/c1-3-11-16-18-12(19)6-10(15-13(18)20-11)8-17-5-4-14-7-9(17)2/h6,9,14H,3-5,7-8H2,1-2H3/t9-/m1/s1. The molecule has 3 heterocycles. The Labute approximate surface area is 121 Å². The monoisotopic (exact) mass is 293 g/mol. The minimum Gasteiger partial charge on any atom is -0.314 e. The molecule has 0 aliphatic carbocycles. The minimum absolute atomic E-state index is 0.0799. The molecule has 0 bridgehead atoms. The van der Waals surface area contributed by atoms with Gasteiger partial charge in [0.25, 0.3) is 5.56 Å². The molecule has 0 saturated carbocycles. The third-order valence-electron chi connectivity index (χ3n) is 3.65. The molecule has 1 aliphatic rings. The Morgan fingerprint density at radius 1 is 1.55 bits per heavy atom. The molecular weight excluding hydrogens is 274 g/mol. The van der Waals surface area contributed by atoms with Gasteiger partial charge in [-0.05, 0) is 13.3 Å². The molecule has 1 atom stereocenters. The van der Waals surface area contributed by atoms with E-state index in [0.717, 1.165) is 43.3 Å². The average Bonchev–Trinajstić information content (AvgIpc) is 2.85. The molecule has 0 spiro atoms. The summed E-state index contributed by atoms with van der Waals surface area (Å²) in [6.45, 7) is 7.93. The molecule has 20 heavy (non-hydrogen) atoms. The molecule has 1 N–H and O–H groups in total. The smallest absolute Gasteiger partial charge is 0.275 e. The number of aromatic nitrogens is 3. The maximum atomic E-state index is 12.1. The van der Waals surface area contributed by atoms with E-state index >= 15 is 0 Å². The Hall–Kier alpha value is -1.31. The van der Waals surface area contributed by atoms with Crippen LogP contribution in [0.25, 0.3) is 4.96 Å². The van der Waals surface area contributed by atoms with Crippen LogP contribution in [0.15, 0.2) is 10.9 Å². The lowest BCUT2D eigenvalue weighted by Crippen LogP contribution is -2.49. The summed E-state index contributed by atoms with van der Waals surface area (Å²) in [7, 11) is 0. The first-order valence-electron chi connectivity index (χ1n) is 7.01. The van der Waals surface area contributed by atoms with Crippen molar-refractivity contribution in [2.45, 2.75) is 32.9 Å². The summed E-state index contributed by atoms with van der Waals surface area (Å²) in [6, 6.07) is 2.08. The average molecular weight is 293 g/mol. The second-order valence-electron chi connectivity index (χ2n) is 5.15. The predicted molar refractivity (Wildman–Crippen MR) is 79.3 cm³/mol. The summed E-state index contributed by atoms with van der Waals surface area (Å²) in [5.74, 6) is 0. The fourth-order valence-corrected chi connectivity index (χ4v) is 3.30. The van der Waals surface area contributed by atoms with Crippen molar-refractivity contribution in [3.8, 4) is 0 Å². The third-order valence-corrected chi connectivity index (χ3v) is 4.70. The SMILES string of the molecule is CCc1nn2c(=O)cc(CN3CCNC[C@H]3C)nc2s1. The van der Waals surface area contributed by atoms with Crippen LogP contribution in [0.2, 0.25) is 0 Å². The van der Waals surface area contributed by atoms with Crippen molar-refractivity contribution in [2.75, 3.05) is 19.6 Å². The highest BCUT2D eigenvalue weighted by Gasteiger charge is 2.19. The van der Waals surface area contributed by atoms with E-state index < -0.39 is 0 Å². The molecule has 1 aliphatic heterocycles. The van der Waals surface area contributed by atoms with Gasteiger partial charge in [0.1, 0.15) is 5.01 Å². The van der Waals surface area contributed by atoms with E-state index in [1.807, 2.05) is 6.92 Å². The van der Waals surface area contributed by atoms with E-state index in [2.05, 4.69) is 27.2 Å². The number of nitrogens with zero attached hydrogens (tertiary/aromatic N) is 4. The zero-order chi connectivity index (χ0) is 14.1. The van der Waals surface area contributed by atoms with Gasteiger partial charge in [-0.25, -0.2) is 4.98 Å². The van der Waals surface area contributed by atoms with E-state index in [9.17, 15) is 4.79 Å². The number of fused-ring (bicyclic) bond motifs is 1. The van der Waals surface area contributed by atoms with Crippen molar-refractivity contribution in [1.29, 1.82) is 0 Å². The van der Waals surface area contributed by atoms with E-state index in [0.29, 0.717) is 11.0 Å². The molecule has 1 fully saturated rings. The summed E-state index contributed by atoms with van der Waals surface area (Å²) < 4.78 is 1.41. The maximum Gasteiger partial charge on any atom is 0.275 e. The van der Waals surface area contributed by atoms with Crippen LogP contribution in [-0.4, -0.2) is 45.2 Å². The molecule has 0 unspecified atom stereocenters. The quantitative estimate of drug-likeness (QED) is 0.893. The van der Waals surface area contributed by atoms with Gasteiger partial charge in [0.2, 0.25) is 4.96 Å². The van der Waals surface area contributed by atoms with Gasteiger partial charge in [-0.1, -0.05) is 18.3 Å². The number of hydrogen-bond donors (Lipinski definition) is 1. The number of piperazine rings is 1. The Balaban J connectivity index is 1.90. The molecule has 0 radical (unpaired) electrons. The Morgan fingerprint density at radius 3 is 3.15 bits per heavy atom. The normalized spacial score (nSPS) is 20.6. The largest absolute Gasteiger partial charge is 0.314 e. The number of rotatable bonds is 3. The Kier molecular flexibility index (Phi) is 3.82. The second-order valence-corrected chi connectivity index (χ2v) is 6.19. The number of hydrogen-bond acceptors (Lipinski definition) is 6. The van der Waals surface area contributed by atoms with Crippen LogP contribution in [0.4, 0.5) is 0 Å². The highest BCUT2D eigenvalue weighted by molar-refractivity contribution is 7.16. The van der Waals surface area contributed by atoms with Gasteiger partial charge in [0.15, 0.2) is 0 Å². The Bertz CT molecular complexity index is 664. The van der Waals surface area contributed by atoms with Gasteiger partial charge in [0.05, 0.1) is 5.69 Å². The van der Waals surface area contributed by atoms with Crippen molar-refractivity contribution in [3.63, 3.8) is 0 Å². The first-order valence-corrected chi connectivity index (χ1v) is 7.82. The van der Waals surface area contributed by atoms with Gasteiger partial charge < -0.3 is 5.32 Å². The highest BCUT2D eigenvalue weighted by Crippen LogP contribution is 2.13. The van der Waals surface area contributed by atoms with Crippen molar-refractivity contribution >= 4 is 16.3 Å². The fraction of sp³-hybridized carbons (Fsp3) is 0.615. The zero-order valence-electron chi connectivity index (χ0n) is 11.8. The van der Waals surface area contributed by atoms with Crippen molar-refractivity contribution in [3.05, 3.63) is 27.1 Å². The summed E-state index contributed by atoms with van der Waals surface area (Å²) in [5.41, 5.74) is 0.763. The van der Waals surface area contributed by atoms with E-state index in [1.165, 1.54) is 15.9 Å². The molecule has 7 heteroatoms. The minimum atomic E-state index is -0.0799. The Morgan fingerprint density at radius 2 is 2.40 bits per heavy atom. The lowest BCUT2D eigenvalue weighted by atomic mass is 10.2. The summed E-state index contributed by atoms with van der Waals surface area (Å²) in [5, 5.41) is 8.58. The molecule has 2 aromatic heterocycles. The first kappa shape index (κ1) is 13.7. The molecule has 3 rings (SSSR count). The van der Waals surface area contributed by atoms with Crippen LogP contribution in [0.3, 0.4) is 0 Å². The molecule has 0 aromatic carbocycles. The van der Waals surface area contributed by atoms with Gasteiger partial charge in [-0.15, -0.1) is 0 Å². The molecule has 0 amide bonds. The number of nitrogens with one attached hydrogen (secondary N) is 1. The van der Waals surface area contributed by atoms with E-state index in [-0.39, 0.29) is 5.56 Å². The summed E-state index contributed by atoms with van der Waals surface area (Å²) in [4.78, 5) is 19.7. The van der Waals surface area contributed by atoms with Crippen molar-refractivity contribution < 1.29 is 0 Å². The van der Waals surface area contributed by atoms with E-state index in [1.54, 1.807) is 6.07 Å². The highest BCUT2D eigenvalue weighted by atomic mass is 32.1. The molecule has 6 nitrogen and oxygen atoms in total. The zero-order valence-corrected chi connectivity index (χ0v) is 12.6. The van der Waals surface area contributed by atoms with Gasteiger partial charge in [-0.3, -0.25) is 9.69 Å². The van der Waals surface area contributed by atoms with Crippen LogP contribution < -0.4 is 10.9 Å². The van der Waals surface area contributed by atoms with Crippen molar-refractivity contribution in [2.24, 2.45) is 0 Å². The van der Waals surface area contributed by atoms with Crippen LogP contribution in [0.1, 0.15) is 24.5 Å².